The van der Waals surface area contributed by atoms with Gasteiger partial charge in [-0.3, -0.25) is 4.79 Å². The zero-order valence-corrected chi connectivity index (χ0v) is 8.63. The van der Waals surface area contributed by atoms with Gasteiger partial charge in [0.25, 0.3) is 0 Å². The molecule has 0 unspecified atom stereocenters. The molecule has 0 saturated carbocycles. The Balaban J connectivity index is 2.28. The van der Waals surface area contributed by atoms with Gasteiger partial charge in [0, 0.05) is 11.1 Å². The van der Waals surface area contributed by atoms with Gasteiger partial charge >= 0.3 is 7.48 Å². The van der Waals surface area contributed by atoms with Gasteiger partial charge in [0.15, 0.2) is 5.78 Å². The van der Waals surface area contributed by atoms with Crippen molar-refractivity contribution in [1.29, 1.82) is 0 Å². The Morgan fingerprint density at radius 2 is 1.44 bits per heavy atom. The van der Waals surface area contributed by atoms with Crippen LogP contribution in [0.5, 0.6) is 0 Å². The SMILES string of the molecule is O=C(c1ccccc1)c1ccc([B]O)cc1. The summed E-state index contributed by atoms with van der Waals surface area (Å²) in [4.78, 5) is 12.0. The second kappa shape index (κ2) is 4.77. The molecule has 77 valence electrons. The molecule has 16 heavy (non-hydrogen) atoms. The molecule has 2 aromatic rings. The summed E-state index contributed by atoms with van der Waals surface area (Å²) in [6.45, 7) is 0. The van der Waals surface area contributed by atoms with Crippen LogP contribution in [0.15, 0.2) is 54.6 Å². The van der Waals surface area contributed by atoms with Gasteiger partial charge in [0.05, 0.1) is 0 Å². The van der Waals surface area contributed by atoms with E-state index in [0.717, 1.165) is 7.48 Å². The Labute approximate surface area is 94.8 Å². The summed E-state index contributed by atoms with van der Waals surface area (Å²) in [5, 5.41) is 8.77. The van der Waals surface area contributed by atoms with Crippen LogP contribution in [0.25, 0.3) is 0 Å². The van der Waals surface area contributed by atoms with Crippen molar-refractivity contribution in [2.45, 2.75) is 0 Å². The van der Waals surface area contributed by atoms with Gasteiger partial charge < -0.3 is 5.02 Å². The highest BCUT2D eigenvalue weighted by Gasteiger charge is 2.07. The van der Waals surface area contributed by atoms with Crippen molar-refractivity contribution in [3.05, 3.63) is 65.7 Å². The molecular formula is C13H10BO2. The predicted molar refractivity (Wildman–Crippen MR) is 63.9 cm³/mol. The molecule has 3 heteroatoms. The number of rotatable bonds is 3. The smallest absolute Gasteiger partial charge is 0.326 e. The third-order valence-electron chi connectivity index (χ3n) is 2.36. The molecular weight excluding hydrogens is 199 g/mol. The molecule has 0 spiro atoms. The topological polar surface area (TPSA) is 37.3 Å². The Morgan fingerprint density at radius 3 is 2.00 bits per heavy atom. The summed E-state index contributed by atoms with van der Waals surface area (Å²) in [5.74, 6) is -0.00918. The maximum atomic E-state index is 12.0. The van der Waals surface area contributed by atoms with Gasteiger partial charge in [-0.05, 0) is 0 Å². The van der Waals surface area contributed by atoms with Crippen LogP contribution in [0, 0.1) is 0 Å². The van der Waals surface area contributed by atoms with Gasteiger partial charge in [-0.1, -0.05) is 60.1 Å². The Bertz CT molecular complexity index is 477. The number of carbonyl (C=O) groups is 1. The third kappa shape index (κ3) is 2.20. The van der Waals surface area contributed by atoms with Crippen molar-refractivity contribution in [2.75, 3.05) is 0 Å². The maximum Gasteiger partial charge on any atom is 0.326 e. The minimum Gasteiger partial charge on any atom is -0.450 e. The largest absolute Gasteiger partial charge is 0.450 e. The first-order valence-electron chi connectivity index (χ1n) is 4.98. The molecule has 0 bridgehead atoms. The third-order valence-corrected chi connectivity index (χ3v) is 2.36. The molecule has 0 fully saturated rings. The Kier molecular flexibility index (Phi) is 3.17. The van der Waals surface area contributed by atoms with Crippen molar-refractivity contribution in [2.24, 2.45) is 0 Å². The number of benzene rings is 2. The second-order valence-corrected chi connectivity index (χ2v) is 3.45. The van der Waals surface area contributed by atoms with E-state index in [1.807, 2.05) is 18.2 Å². The lowest BCUT2D eigenvalue weighted by atomic mass is 9.87. The minimum absolute atomic E-state index is 0.00918. The van der Waals surface area contributed by atoms with Crippen LogP contribution in [-0.4, -0.2) is 18.3 Å². The van der Waals surface area contributed by atoms with E-state index in [4.69, 9.17) is 5.02 Å². The number of carbonyl (C=O) groups excluding carboxylic acids is 1. The molecule has 2 aromatic carbocycles. The summed E-state index contributed by atoms with van der Waals surface area (Å²) in [6.07, 6.45) is 0. The van der Waals surface area contributed by atoms with Gasteiger partial charge in [-0.25, -0.2) is 0 Å². The van der Waals surface area contributed by atoms with Crippen LogP contribution in [0.2, 0.25) is 0 Å². The molecule has 0 atom stereocenters. The zero-order valence-electron chi connectivity index (χ0n) is 8.63. The summed E-state index contributed by atoms with van der Waals surface area (Å²) >= 11 is 0. The van der Waals surface area contributed by atoms with E-state index >= 15 is 0 Å². The lowest BCUT2D eigenvalue weighted by molar-refractivity contribution is 0.103. The number of hydrogen-bond donors (Lipinski definition) is 1. The monoisotopic (exact) mass is 209 g/mol. The summed E-state index contributed by atoms with van der Waals surface area (Å²) in [6, 6.07) is 15.9. The average Bonchev–Trinajstić information content (AvgIpc) is 2.39. The van der Waals surface area contributed by atoms with Gasteiger partial charge in [0.2, 0.25) is 0 Å². The lowest BCUT2D eigenvalue weighted by Gasteiger charge is -2.01. The predicted octanol–water partition coefficient (Wildman–Crippen LogP) is 1.15. The van der Waals surface area contributed by atoms with E-state index in [9.17, 15) is 4.79 Å². The zero-order chi connectivity index (χ0) is 11.4. The maximum absolute atomic E-state index is 12.0. The van der Waals surface area contributed by atoms with Crippen LogP contribution in [0.4, 0.5) is 0 Å². The molecule has 2 rings (SSSR count). The van der Waals surface area contributed by atoms with Crippen LogP contribution < -0.4 is 5.46 Å². The molecule has 1 radical (unpaired) electrons. The molecule has 0 amide bonds. The van der Waals surface area contributed by atoms with E-state index in [1.165, 1.54) is 0 Å². The fraction of sp³-hybridized carbons (Fsp3) is 0. The summed E-state index contributed by atoms with van der Waals surface area (Å²) in [7, 11) is 1.01. The molecule has 0 aliphatic carbocycles. The Morgan fingerprint density at radius 1 is 0.875 bits per heavy atom. The molecule has 0 heterocycles. The van der Waals surface area contributed by atoms with E-state index in [0.29, 0.717) is 16.6 Å². The average molecular weight is 209 g/mol. The summed E-state index contributed by atoms with van der Waals surface area (Å²) in [5.41, 5.74) is 1.98. The second-order valence-electron chi connectivity index (χ2n) is 3.45. The van der Waals surface area contributed by atoms with Crippen LogP contribution >= 0.6 is 0 Å². The minimum atomic E-state index is -0.00918. The first-order chi connectivity index (χ1) is 7.81. The van der Waals surface area contributed by atoms with Gasteiger partial charge in [-0.15, -0.1) is 0 Å². The van der Waals surface area contributed by atoms with Crippen molar-refractivity contribution in [1.82, 2.24) is 0 Å². The van der Waals surface area contributed by atoms with Gasteiger partial charge in [-0.2, -0.15) is 0 Å². The first kappa shape index (κ1) is 10.6. The van der Waals surface area contributed by atoms with E-state index in [1.54, 1.807) is 36.4 Å². The fourth-order valence-electron chi connectivity index (χ4n) is 1.48. The van der Waals surface area contributed by atoms with Crippen molar-refractivity contribution < 1.29 is 9.82 Å². The van der Waals surface area contributed by atoms with Crippen molar-refractivity contribution >= 4 is 18.7 Å². The normalized spacial score (nSPS) is 9.81. The summed E-state index contributed by atoms with van der Waals surface area (Å²) < 4.78 is 0. The highest BCUT2D eigenvalue weighted by atomic mass is 16.2. The lowest BCUT2D eigenvalue weighted by Crippen LogP contribution is -2.13. The number of hydrogen-bond acceptors (Lipinski definition) is 2. The van der Waals surface area contributed by atoms with Crippen LogP contribution in [-0.2, 0) is 0 Å². The molecule has 0 aliphatic rings. The molecule has 0 aromatic heterocycles. The van der Waals surface area contributed by atoms with E-state index < -0.39 is 0 Å². The van der Waals surface area contributed by atoms with Crippen LogP contribution in [0.1, 0.15) is 15.9 Å². The van der Waals surface area contributed by atoms with Gasteiger partial charge in [0.1, 0.15) is 0 Å². The Hall–Kier alpha value is -1.87. The van der Waals surface area contributed by atoms with Crippen molar-refractivity contribution in [3.8, 4) is 0 Å². The van der Waals surface area contributed by atoms with E-state index in [2.05, 4.69) is 0 Å². The molecule has 1 N–H and O–H groups in total. The fourth-order valence-corrected chi connectivity index (χ4v) is 1.48. The molecule has 0 aliphatic heterocycles. The highest BCUT2D eigenvalue weighted by molar-refractivity contribution is 6.45. The quantitative estimate of drug-likeness (QED) is 0.608. The van der Waals surface area contributed by atoms with E-state index in [-0.39, 0.29) is 5.78 Å². The first-order valence-corrected chi connectivity index (χ1v) is 4.98. The molecule has 0 saturated heterocycles. The van der Waals surface area contributed by atoms with Crippen molar-refractivity contribution in [3.63, 3.8) is 0 Å². The highest BCUT2D eigenvalue weighted by Crippen LogP contribution is 2.08. The number of ketones is 1. The molecule has 2 nitrogen and oxygen atoms in total. The van der Waals surface area contributed by atoms with Crippen LogP contribution in [0.3, 0.4) is 0 Å². The standard InChI is InChI=1S/C13H10BO2/c15-13(10-4-2-1-3-5-10)11-6-8-12(14-16)9-7-11/h1-9,16H.